The van der Waals surface area contributed by atoms with E-state index in [1.165, 1.54) is 25.1 Å². The Morgan fingerprint density at radius 1 is 1.32 bits per heavy atom. The Bertz CT molecular complexity index is 692. The van der Waals surface area contributed by atoms with Crippen molar-refractivity contribution in [2.75, 3.05) is 18.6 Å². The average molecular weight is 382 g/mol. The molecule has 0 saturated carbocycles. The zero-order valence-electron chi connectivity index (χ0n) is 13.8. The summed E-state index contributed by atoms with van der Waals surface area (Å²) in [4.78, 5) is 11.8. The van der Waals surface area contributed by atoms with E-state index in [1.54, 1.807) is 0 Å². The zero-order valence-corrected chi connectivity index (χ0v) is 14.7. The maximum Gasteiger partial charge on any atom is 0.419 e. The van der Waals surface area contributed by atoms with Crippen LogP contribution in [0, 0.1) is 0 Å². The summed E-state index contributed by atoms with van der Waals surface area (Å²) in [5.74, 6) is -1.16. The van der Waals surface area contributed by atoms with Crippen LogP contribution in [0.3, 0.4) is 0 Å². The molecular weight excluding hydrogens is 361 g/mol. The van der Waals surface area contributed by atoms with E-state index in [0.29, 0.717) is 0 Å². The number of ether oxygens (including phenoxy) is 1. The van der Waals surface area contributed by atoms with E-state index in [0.717, 1.165) is 12.3 Å². The first-order valence-corrected chi connectivity index (χ1v) is 9.49. The van der Waals surface area contributed by atoms with E-state index >= 15 is 0 Å². The Balaban J connectivity index is 2.55. The average Bonchev–Trinajstić information content (AvgIpc) is 2.49. The molecule has 0 aliphatic rings. The molecule has 25 heavy (non-hydrogen) atoms. The molecule has 0 aromatic heterocycles. The quantitative estimate of drug-likeness (QED) is 0.707. The highest BCUT2D eigenvalue weighted by Gasteiger charge is 2.34. The SMILES string of the molecule is CC(COc1ccccc1C(F)(F)F)NC(=O)C(N)CCS(C)(=O)=O. The Kier molecular flexibility index (Phi) is 7.24. The summed E-state index contributed by atoms with van der Waals surface area (Å²) in [5.41, 5.74) is 4.69. The van der Waals surface area contributed by atoms with Crippen molar-refractivity contribution < 1.29 is 31.1 Å². The highest BCUT2D eigenvalue weighted by Crippen LogP contribution is 2.35. The van der Waals surface area contributed by atoms with Crippen LogP contribution in [-0.4, -0.2) is 45.0 Å². The van der Waals surface area contributed by atoms with Gasteiger partial charge in [-0.25, -0.2) is 8.42 Å². The zero-order chi connectivity index (χ0) is 19.3. The van der Waals surface area contributed by atoms with E-state index in [2.05, 4.69) is 5.32 Å². The second kappa shape index (κ2) is 8.52. The van der Waals surface area contributed by atoms with Gasteiger partial charge in [-0.15, -0.1) is 0 Å². The number of hydrogen-bond acceptors (Lipinski definition) is 5. The highest BCUT2D eigenvalue weighted by atomic mass is 32.2. The topological polar surface area (TPSA) is 98.5 Å². The lowest BCUT2D eigenvalue weighted by Crippen LogP contribution is -2.46. The number of benzene rings is 1. The molecule has 2 atom stereocenters. The molecule has 1 amide bonds. The van der Waals surface area contributed by atoms with Gasteiger partial charge in [-0.3, -0.25) is 4.79 Å². The number of carbonyl (C=O) groups excluding carboxylic acids is 1. The maximum atomic E-state index is 12.9. The maximum absolute atomic E-state index is 12.9. The van der Waals surface area contributed by atoms with Crippen molar-refractivity contribution in [3.8, 4) is 5.75 Å². The fourth-order valence-corrected chi connectivity index (χ4v) is 2.59. The molecule has 3 N–H and O–H groups in total. The number of sulfone groups is 1. The number of rotatable bonds is 8. The third-order valence-electron chi connectivity index (χ3n) is 3.21. The molecule has 1 aromatic rings. The van der Waals surface area contributed by atoms with Gasteiger partial charge in [-0.2, -0.15) is 13.2 Å². The van der Waals surface area contributed by atoms with Gasteiger partial charge in [0.2, 0.25) is 5.91 Å². The molecule has 0 radical (unpaired) electrons. The van der Waals surface area contributed by atoms with E-state index in [9.17, 15) is 26.4 Å². The summed E-state index contributed by atoms with van der Waals surface area (Å²) in [6, 6.07) is 3.11. The van der Waals surface area contributed by atoms with Gasteiger partial charge in [0.25, 0.3) is 0 Å². The van der Waals surface area contributed by atoms with E-state index in [-0.39, 0.29) is 24.5 Å². The lowest BCUT2D eigenvalue weighted by atomic mass is 10.2. The predicted octanol–water partition coefficient (Wildman–Crippen LogP) is 1.35. The summed E-state index contributed by atoms with van der Waals surface area (Å²) in [6.45, 7) is 1.34. The van der Waals surface area contributed by atoms with Gasteiger partial charge in [0, 0.05) is 6.26 Å². The van der Waals surface area contributed by atoms with Crippen molar-refractivity contribution in [1.29, 1.82) is 0 Å². The Morgan fingerprint density at radius 3 is 2.48 bits per heavy atom. The Morgan fingerprint density at radius 2 is 1.92 bits per heavy atom. The van der Waals surface area contributed by atoms with Crippen LogP contribution in [0.1, 0.15) is 18.9 Å². The van der Waals surface area contributed by atoms with Gasteiger partial charge in [0.05, 0.1) is 23.4 Å². The molecule has 0 fully saturated rings. The van der Waals surface area contributed by atoms with E-state index in [1.807, 2.05) is 0 Å². The van der Waals surface area contributed by atoms with Gasteiger partial charge in [0.15, 0.2) is 0 Å². The van der Waals surface area contributed by atoms with Gasteiger partial charge in [-0.05, 0) is 25.5 Å². The standard InChI is InChI=1S/C15H21F3N2O4S/c1-10(20-14(21)12(19)7-8-25(2,22)23)9-24-13-6-4-3-5-11(13)15(16,17)18/h3-6,10,12H,7-9,19H2,1-2H3,(H,20,21). The fraction of sp³-hybridized carbons (Fsp3) is 0.533. The van der Waals surface area contributed by atoms with Crippen LogP contribution in [0.5, 0.6) is 5.75 Å². The van der Waals surface area contributed by atoms with Gasteiger partial charge >= 0.3 is 6.18 Å². The predicted molar refractivity (Wildman–Crippen MR) is 86.8 cm³/mol. The number of alkyl halides is 3. The minimum atomic E-state index is -4.54. The lowest BCUT2D eigenvalue weighted by molar-refractivity contribution is -0.139. The molecule has 1 aromatic carbocycles. The number of nitrogens with two attached hydrogens (primary N) is 1. The number of para-hydroxylation sites is 1. The number of hydrogen-bond donors (Lipinski definition) is 2. The van der Waals surface area contributed by atoms with Crippen molar-refractivity contribution in [3.63, 3.8) is 0 Å². The van der Waals surface area contributed by atoms with Crippen LogP contribution in [0.2, 0.25) is 0 Å². The lowest BCUT2D eigenvalue weighted by Gasteiger charge is -2.19. The first kappa shape index (κ1) is 21.2. The largest absolute Gasteiger partial charge is 0.491 e. The van der Waals surface area contributed by atoms with E-state index < -0.39 is 39.6 Å². The van der Waals surface area contributed by atoms with Gasteiger partial charge in [-0.1, -0.05) is 12.1 Å². The van der Waals surface area contributed by atoms with Crippen LogP contribution in [0.4, 0.5) is 13.2 Å². The molecule has 0 bridgehead atoms. The Hall–Kier alpha value is -1.81. The van der Waals surface area contributed by atoms with Crippen molar-refractivity contribution in [3.05, 3.63) is 29.8 Å². The van der Waals surface area contributed by atoms with Crippen molar-refractivity contribution >= 4 is 15.7 Å². The highest BCUT2D eigenvalue weighted by molar-refractivity contribution is 7.90. The normalized spacial score (nSPS) is 14.6. The number of halogens is 3. The fourth-order valence-electron chi connectivity index (χ4n) is 1.91. The minimum absolute atomic E-state index is 0.0465. The molecule has 0 heterocycles. The first-order chi connectivity index (χ1) is 11.4. The molecule has 10 heteroatoms. The molecule has 142 valence electrons. The van der Waals surface area contributed by atoms with Crippen molar-refractivity contribution in [1.82, 2.24) is 5.32 Å². The summed E-state index contributed by atoms with van der Waals surface area (Å²) in [6.07, 6.45) is -3.56. The molecule has 0 spiro atoms. The van der Waals surface area contributed by atoms with Gasteiger partial charge < -0.3 is 15.8 Å². The van der Waals surface area contributed by atoms with Crippen LogP contribution < -0.4 is 15.8 Å². The van der Waals surface area contributed by atoms with Crippen LogP contribution >= 0.6 is 0 Å². The smallest absolute Gasteiger partial charge is 0.419 e. The van der Waals surface area contributed by atoms with Crippen LogP contribution in [0.25, 0.3) is 0 Å². The van der Waals surface area contributed by atoms with Crippen LogP contribution in [-0.2, 0) is 20.8 Å². The summed E-state index contributed by atoms with van der Waals surface area (Å²) < 4.78 is 65.8. The van der Waals surface area contributed by atoms with Crippen molar-refractivity contribution in [2.24, 2.45) is 5.73 Å². The first-order valence-electron chi connectivity index (χ1n) is 7.43. The second-order valence-corrected chi connectivity index (χ2v) is 8.00. The summed E-state index contributed by atoms with van der Waals surface area (Å²) in [5, 5.41) is 2.48. The van der Waals surface area contributed by atoms with Crippen LogP contribution in [0.15, 0.2) is 24.3 Å². The molecular formula is C15H21F3N2O4S. The van der Waals surface area contributed by atoms with Crippen molar-refractivity contribution in [2.45, 2.75) is 31.6 Å². The number of nitrogens with one attached hydrogen (secondary N) is 1. The third kappa shape index (κ3) is 7.74. The third-order valence-corrected chi connectivity index (χ3v) is 4.18. The number of amides is 1. The van der Waals surface area contributed by atoms with E-state index in [4.69, 9.17) is 10.5 Å². The molecule has 2 unspecified atom stereocenters. The summed E-state index contributed by atoms with van der Waals surface area (Å²) >= 11 is 0. The molecule has 0 saturated heterocycles. The van der Waals surface area contributed by atoms with Gasteiger partial charge in [0.1, 0.15) is 22.2 Å². The molecule has 0 aliphatic carbocycles. The monoisotopic (exact) mass is 382 g/mol. The second-order valence-electron chi connectivity index (χ2n) is 5.74. The summed E-state index contributed by atoms with van der Waals surface area (Å²) in [7, 11) is -3.24. The molecule has 0 aliphatic heterocycles. The molecule has 1 rings (SSSR count). The number of carbonyl (C=O) groups is 1. The minimum Gasteiger partial charge on any atom is -0.491 e. The Labute approximate surface area is 144 Å². The molecule has 6 nitrogen and oxygen atoms in total.